The molecule has 0 bridgehead atoms. The first-order valence-corrected chi connectivity index (χ1v) is 9.60. The lowest BCUT2D eigenvalue weighted by Gasteiger charge is -2.25. The van der Waals surface area contributed by atoms with E-state index < -0.39 is 0 Å². The van der Waals surface area contributed by atoms with E-state index in [0.717, 1.165) is 32.0 Å². The van der Waals surface area contributed by atoms with Crippen molar-refractivity contribution in [1.29, 1.82) is 0 Å². The number of imide groups is 1. The standard InChI is InChI=1S/C20H28N4O2.HI/c1-2-21-20(22-12-14-24-18(25)9-6-10-19(24)26)23-13-11-17(15-23)16-7-4-3-5-8-16;/h3-5,7-8,17H,2,6,9-15H2,1H3,(H,21,22);1H. The number of aliphatic imine (C=N–C) groups is 1. The van der Waals surface area contributed by atoms with E-state index in [-0.39, 0.29) is 35.8 Å². The van der Waals surface area contributed by atoms with Gasteiger partial charge in [0.25, 0.3) is 0 Å². The third kappa shape index (κ3) is 5.67. The van der Waals surface area contributed by atoms with Crippen molar-refractivity contribution in [3.63, 3.8) is 0 Å². The Morgan fingerprint density at radius 1 is 1.19 bits per heavy atom. The van der Waals surface area contributed by atoms with Crippen molar-refractivity contribution in [3.8, 4) is 0 Å². The Morgan fingerprint density at radius 2 is 1.89 bits per heavy atom. The van der Waals surface area contributed by atoms with Crippen molar-refractivity contribution >= 4 is 41.8 Å². The summed E-state index contributed by atoms with van der Waals surface area (Å²) in [5, 5.41) is 3.34. The average molecular weight is 484 g/mol. The quantitative estimate of drug-likeness (QED) is 0.302. The van der Waals surface area contributed by atoms with Crippen molar-refractivity contribution in [3.05, 3.63) is 35.9 Å². The minimum atomic E-state index is -0.0632. The molecular weight excluding hydrogens is 455 g/mol. The van der Waals surface area contributed by atoms with E-state index in [2.05, 4.69) is 46.4 Å². The normalized spacial score (nSPS) is 20.6. The molecule has 27 heavy (non-hydrogen) atoms. The highest BCUT2D eigenvalue weighted by molar-refractivity contribution is 14.0. The molecule has 0 aliphatic carbocycles. The number of benzene rings is 1. The molecule has 148 valence electrons. The highest BCUT2D eigenvalue weighted by atomic mass is 127. The van der Waals surface area contributed by atoms with Gasteiger partial charge in [-0.2, -0.15) is 0 Å². The molecule has 2 aliphatic heterocycles. The first kappa shape index (κ1) is 21.7. The number of carbonyl (C=O) groups is 2. The molecule has 0 aromatic heterocycles. The zero-order valence-corrected chi connectivity index (χ0v) is 18.2. The highest BCUT2D eigenvalue weighted by Gasteiger charge is 2.27. The van der Waals surface area contributed by atoms with Crippen LogP contribution in [0.4, 0.5) is 0 Å². The van der Waals surface area contributed by atoms with E-state index in [1.54, 1.807) is 0 Å². The maximum Gasteiger partial charge on any atom is 0.229 e. The molecule has 1 aromatic rings. The SMILES string of the molecule is CCNC(=NCCN1C(=O)CCCC1=O)N1CCC(c2ccccc2)C1.I. The Labute approximate surface area is 178 Å². The van der Waals surface area contributed by atoms with E-state index >= 15 is 0 Å². The topological polar surface area (TPSA) is 65.0 Å². The third-order valence-electron chi connectivity index (χ3n) is 5.06. The molecule has 1 aromatic carbocycles. The van der Waals surface area contributed by atoms with Crippen molar-refractivity contribution < 1.29 is 9.59 Å². The summed E-state index contributed by atoms with van der Waals surface area (Å²) in [7, 11) is 0. The lowest BCUT2D eigenvalue weighted by Crippen LogP contribution is -2.43. The molecule has 2 aliphatic rings. The number of nitrogens with one attached hydrogen (secondary N) is 1. The second-order valence-corrected chi connectivity index (χ2v) is 6.87. The average Bonchev–Trinajstić information content (AvgIpc) is 3.14. The summed E-state index contributed by atoms with van der Waals surface area (Å²) in [6, 6.07) is 10.6. The predicted octanol–water partition coefficient (Wildman–Crippen LogP) is 2.60. The van der Waals surface area contributed by atoms with Gasteiger partial charge >= 0.3 is 0 Å². The summed E-state index contributed by atoms with van der Waals surface area (Å²) in [5.41, 5.74) is 1.37. The van der Waals surface area contributed by atoms with Crippen LogP contribution in [0.25, 0.3) is 0 Å². The molecule has 6 nitrogen and oxygen atoms in total. The molecule has 2 heterocycles. The van der Waals surface area contributed by atoms with Crippen molar-refractivity contribution in [2.24, 2.45) is 4.99 Å². The van der Waals surface area contributed by atoms with E-state index in [4.69, 9.17) is 0 Å². The van der Waals surface area contributed by atoms with E-state index in [0.29, 0.717) is 38.3 Å². The van der Waals surface area contributed by atoms with Gasteiger partial charge in [-0.3, -0.25) is 19.5 Å². The monoisotopic (exact) mass is 484 g/mol. The fourth-order valence-corrected chi connectivity index (χ4v) is 3.68. The maximum atomic E-state index is 11.9. The van der Waals surface area contributed by atoms with Gasteiger partial charge < -0.3 is 10.2 Å². The first-order valence-electron chi connectivity index (χ1n) is 9.60. The molecule has 2 fully saturated rings. The fourth-order valence-electron chi connectivity index (χ4n) is 3.68. The number of hydrogen-bond donors (Lipinski definition) is 1. The Kier molecular flexibility index (Phi) is 8.53. The molecule has 1 atom stereocenters. The van der Waals surface area contributed by atoms with Gasteiger partial charge in [-0.1, -0.05) is 30.3 Å². The molecule has 0 saturated carbocycles. The highest BCUT2D eigenvalue weighted by Crippen LogP contribution is 2.26. The number of guanidine groups is 1. The van der Waals surface area contributed by atoms with Crippen molar-refractivity contribution in [1.82, 2.24) is 15.1 Å². The number of carbonyl (C=O) groups excluding carboxylic acids is 2. The number of likely N-dealkylation sites (tertiary alicyclic amines) is 2. The largest absolute Gasteiger partial charge is 0.357 e. The van der Waals surface area contributed by atoms with Crippen molar-refractivity contribution in [2.45, 2.75) is 38.5 Å². The Balaban J connectivity index is 0.00000261. The van der Waals surface area contributed by atoms with E-state index in [1.807, 2.05) is 6.07 Å². The Bertz CT molecular complexity index is 649. The van der Waals surface area contributed by atoms with Crippen LogP contribution in [0, 0.1) is 0 Å². The van der Waals surface area contributed by atoms with Gasteiger partial charge in [0, 0.05) is 44.9 Å². The van der Waals surface area contributed by atoms with Crippen LogP contribution in [0.2, 0.25) is 0 Å². The lowest BCUT2D eigenvalue weighted by molar-refractivity contribution is -0.147. The minimum Gasteiger partial charge on any atom is -0.357 e. The Hall–Kier alpha value is -1.64. The van der Waals surface area contributed by atoms with Crippen LogP contribution >= 0.6 is 24.0 Å². The molecule has 2 amide bonds. The number of nitrogens with zero attached hydrogens (tertiary/aromatic N) is 3. The molecule has 0 radical (unpaired) electrons. The second kappa shape index (κ2) is 10.6. The van der Waals surface area contributed by atoms with Gasteiger partial charge in [0.2, 0.25) is 11.8 Å². The van der Waals surface area contributed by atoms with Crippen LogP contribution < -0.4 is 5.32 Å². The lowest BCUT2D eigenvalue weighted by atomic mass is 9.99. The van der Waals surface area contributed by atoms with Crippen LogP contribution in [0.3, 0.4) is 0 Å². The van der Waals surface area contributed by atoms with Gasteiger partial charge in [-0.05, 0) is 25.3 Å². The number of amides is 2. The molecule has 3 rings (SSSR count). The summed E-state index contributed by atoms with van der Waals surface area (Å²) >= 11 is 0. The summed E-state index contributed by atoms with van der Waals surface area (Å²) in [6.45, 7) is 5.59. The van der Waals surface area contributed by atoms with Crippen LogP contribution in [-0.4, -0.2) is 60.3 Å². The van der Waals surface area contributed by atoms with Gasteiger partial charge in [0.1, 0.15) is 0 Å². The van der Waals surface area contributed by atoms with Gasteiger partial charge in [0.15, 0.2) is 5.96 Å². The fraction of sp³-hybridized carbons (Fsp3) is 0.550. The third-order valence-corrected chi connectivity index (χ3v) is 5.06. The van der Waals surface area contributed by atoms with Gasteiger partial charge in [-0.15, -0.1) is 24.0 Å². The molecule has 1 N–H and O–H groups in total. The molecule has 2 saturated heterocycles. The van der Waals surface area contributed by atoms with Crippen LogP contribution in [0.5, 0.6) is 0 Å². The maximum absolute atomic E-state index is 11.9. The van der Waals surface area contributed by atoms with Crippen LogP contribution in [0.15, 0.2) is 35.3 Å². The Morgan fingerprint density at radius 3 is 2.56 bits per heavy atom. The number of rotatable bonds is 5. The van der Waals surface area contributed by atoms with Crippen molar-refractivity contribution in [2.75, 3.05) is 32.7 Å². The summed E-state index contributed by atoms with van der Waals surface area (Å²) in [6.07, 6.45) is 2.73. The smallest absolute Gasteiger partial charge is 0.229 e. The number of piperidine rings is 1. The molecule has 1 unspecified atom stereocenters. The molecule has 0 spiro atoms. The zero-order chi connectivity index (χ0) is 18.4. The second-order valence-electron chi connectivity index (χ2n) is 6.87. The van der Waals surface area contributed by atoms with Crippen LogP contribution in [-0.2, 0) is 9.59 Å². The number of hydrogen-bond acceptors (Lipinski definition) is 3. The van der Waals surface area contributed by atoms with Crippen LogP contribution in [0.1, 0.15) is 44.1 Å². The van der Waals surface area contributed by atoms with Gasteiger partial charge in [0.05, 0.1) is 6.54 Å². The summed E-state index contributed by atoms with van der Waals surface area (Å²) in [5.74, 6) is 1.27. The predicted molar refractivity (Wildman–Crippen MR) is 117 cm³/mol. The molecular formula is C20H29IN4O2. The number of halogens is 1. The summed E-state index contributed by atoms with van der Waals surface area (Å²) in [4.78, 5) is 32.1. The molecule has 7 heteroatoms. The minimum absolute atomic E-state index is 0. The van der Waals surface area contributed by atoms with Gasteiger partial charge in [-0.25, -0.2) is 0 Å². The zero-order valence-electron chi connectivity index (χ0n) is 15.9. The van der Waals surface area contributed by atoms with E-state index in [9.17, 15) is 9.59 Å². The first-order chi connectivity index (χ1) is 12.7. The van der Waals surface area contributed by atoms with E-state index in [1.165, 1.54) is 10.5 Å². The summed E-state index contributed by atoms with van der Waals surface area (Å²) < 4.78 is 0.